The van der Waals surface area contributed by atoms with E-state index in [-0.39, 0.29) is 5.41 Å². The lowest BCUT2D eigenvalue weighted by Gasteiger charge is -2.28. The summed E-state index contributed by atoms with van der Waals surface area (Å²) >= 11 is 5.89. The van der Waals surface area contributed by atoms with Gasteiger partial charge in [0.2, 0.25) is 0 Å². The van der Waals surface area contributed by atoms with Crippen molar-refractivity contribution in [2.75, 3.05) is 17.3 Å². The van der Waals surface area contributed by atoms with Crippen LogP contribution in [0, 0.1) is 0 Å². The standard InChI is InChI=1S/C21H22ClN5/c1-2-23-18-16-19(22)25-27-20(18)26-24-15-9-14-21(12-7-4-8-13-21)17-10-5-3-6-11-17/h3-12,14-16H,2,13H2,1H3,(H,23,25)(H,26,27). The lowest BCUT2D eigenvalue weighted by atomic mass is 9.75. The van der Waals surface area contributed by atoms with Crippen molar-refractivity contribution in [2.24, 2.45) is 5.10 Å². The predicted molar refractivity (Wildman–Crippen MR) is 113 cm³/mol. The van der Waals surface area contributed by atoms with Crippen molar-refractivity contribution in [2.45, 2.75) is 18.8 Å². The fourth-order valence-electron chi connectivity index (χ4n) is 2.95. The second-order valence-electron chi connectivity index (χ2n) is 6.11. The highest BCUT2D eigenvalue weighted by Crippen LogP contribution is 2.34. The van der Waals surface area contributed by atoms with E-state index in [2.05, 4.69) is 80.7 Å². The first-order chi connectivity index (χ1) is 13.2. The summed E-state index contributed by atoms with van der Waals surface area (Å²) in [6.07, 6.45) is 15.3. The van der Waals surface area contributed by atoms with Gasteiger partial charge >= 0.3 is 0 Å². The van der Waals surface area contributed by atoms with E-state index in [1.165, 1.54) is 5.56 Å². The van der Waals surface area contributed by atoms with Crippen molar-refractivity contribution in [3.05, 3.63) is 83.6 Å². The number of halogens is 1. The second kappa shape index (κ2) is 9.14. The predicted octanol–water partition coefficient (Wildman–Crippen LogP) is 4.97. The molecule has 0 spiro atoms. The van der Waals surface area contributed by atoms with E-state index in [1.54, 1.807) is 12.3 Å². The Morgan fingerprint density at radius 1 is 1.22 bits per heavy atom. The Labute approximate surface area is 164 Å². The molecule has 3 rings (SSSR count). The van der Waals surface area contributed by atoms with Gasteiger partial charge in [0.25, 0.3) is 0 Å². The number of nitrogens with zero attached hydrogens (tertiary/aromatic N) is 3. The minimum Gasteiger partial charge on any atom is -0.382 e. The first kappa shape index (κ1) is 18.9. The van der Waals surface area contributed by atoms with Crippen LogP contribution in [0.15, 0.2) is 78.0 Å². The van der Waals surface area contributed by atoms with Gasteiger partial charge in [-0.05, 0) is 25.0 Å². The van der Waals surface area contributed by atoms with Crippen LogP contribution >= 0.6 is 11.6 Å². The molecule has 0 saturated heterocycles. The SMILES string of the molecule is CCNc1cc(Cl)nnc1NN=CC=CC1(c2ccccc2)C=CC=CC1. The Kier molecular flexibility index (Phi) is 6.39. The number of benzene rings is 1. The quantitative estimate of drug-likeness (QED) is 0.526. The van der Waals surface area contributed by atoms with Crippen LogP contribution in [-0.2, 0) is 5.41 Å². The minimum atomic E-state index is -0.156. The van der Waals surface area contributed by atoms with Gasteiger partial charge in [-0.15, -0.1) is 10.2 Å². The summed E-state index contributed by atoms with van der Waals surface area (Å²) in [6.45, 7) is 2.75. The molecule has 1 atom stereocenters. The zero-order valence-corrected chi connectivity index (χ0v) is 15.9. The van der Waals surface area contributed by atoms with Gasteiger partial charge in [0.1, 0.15) is 0 Å². The molecular weight excluding hydrogens is 358 g/mol. The maximum atomic E-state index is 5.89. The summed E-state index contributed by atoms with van der Waals surface area (Å²) in [6, 6.07) is 12.2. The maximum absolute atomic E-state index is 5.89. The molecule has 6 heteroatoms. The molecular formula is C21H22ClN5. The molecule has 0 saturated carbocycles. The zero-order chi connectivity index (χ0) is 19.0. The normalized spacial score (nSPS) is 19.0. The summed E-state index contributed by atoms with van der Waals surface area (Å²) in [5.41, 5.74) is 4.77. The van der Waals surface area contributed by atoms with Gasteiger partial charge in [-0.25, -0.2) is 0 Å². The Bertz CT molecular complexity index is 873. The number of allylic oxidation sites excluding steroid dienone is 6. The van der Waals surface area contributed by atoms with Crippen molar-refractivity contribution in [1.29, 1.82) is 0 Å². The molecule has 1 aromatic carbocycles. The largest absolute Gasteiger partial charge is 0.382 e. The van der Waals surface area contributed by atoms with Crippen LogP contribution in [0.25, 0.3) is 0 Å². The molecule has 1 aromatic heterocycles. The number of anilines is 2. The second-order valence-corrected chi connectivity index (χ2v) is 6.49. The molecule has 138 valence electrons. The van der Waals surface area contributed by atoms with Crippen LogP contribution in [0.3, 0.4) is 0 Å². The molecule has 27 heavy (non-hydrogen) atoms. The number of hydrogen-bond acceptors (Lipinski definition) is 5. The van der Waals surface area contributed by atoms with E-state index in [9.17, 15) is 0 Å². The van der Waals surface area contributed by atoms with Gasteiger partial charge < -0.3 is 5.32 Å². The third kappa shape index (κ3) is 4.83. The third-order valence-corrected chi connectivity index (χ3v) is 4.45. The summed E-state index contributed by atoms with van der Waals surface area (Å²) in [7, 11) is 0. The number of hydrogen-bond donors (Lipinski definition) is 2. The van der Waals surface area contributed by atoms with E-state index in [4.69, 9.17) is 11.6 Å². The lowest BCUT2D eigenvalue weighted by Crippen LogP contribution is -2.21. The number of nitrogens with one attached hydrogen (secondary N) is 2. The summed E-state index contributed by atoms with van der Waals surface area (Å²) in [5, 5.41) is 15.6. The minimum absolute atomic E-state index is 0.156. The fourth-order valence-corrected chi connectivity index (χ4v) is 3.10. The maximum Gasteiger partial charge on any atom is 0.192 e. The molecule has 1 unspecified atom stereocenters. The molecule has 0 bridgehead atoms. The van der Waals surface area contributed by atoms with Crippen molar-refractivity contribution in [1.82, 2.24) is 10.2 Å². The van der Waals surface area contributed by atoms with E-state index in [0.29, 0.717) is 11.0 Å². The highest BCUT2D eigenvalue weighted by Gasteiger charge is 2.25. The van der Waals surface area contributed by atoms with E-state index in [1.807, 2.05) is 19.1 Å². The fraction of sp³-hybridized carbons (Fsp3) is 0.190. The molecule has 0 amide bonds. The van der Waals surface area contributed by atoms with Crippen LogP contribution in [-0.4, -0.2) is 23.0 Å². The smallest absolute Gasteiger partial charge is 0.192 e. The molecule has 1 aliphatic rings. The lowest BCUT2D eigenvalue weighted by molar-refractivity contribution is 0.676. The van der Waals surface area contributed by atoms with Gasteiger partial charge in [-0.1, -0.05) is 72.3 Å². The zero-order valence-electron chi connectivity index (χ0n) is 15.1. The van der Waals surface area contributed by atoms with Crippen LogP contribution < -0.4 is 10.7 Å². The van der Waals surface area contributed by atoms with Crippen LogP contribution in [0.5, 0.6) is 0 Å². The average Bonchev–Trinajstić information content (AvgIpc) is 2.71. The van der Waals surface area contributed by atoms with E-state index >= 15 is 0 Å². The van der Waals surface area contributed by atoms with E-state index < -0.39 is 0 Å². The highest BCUT2D eigenvalue weighted by molar-refractivity contribution is 6.29. The van der Waals surface area contributed by atoms with Gasteiger partial charge in [0.05, 0.1) is 5.69 Å². The highest BCUT2D eigenvalue weighted by atomic mass is 35.5. The van der Waals surface area contributed by atoms with Crippen molar-refractivity contribution < 1.29 is 0 Å². The van der Waals surface area contributed by atoms with Crippen LogP contribution in [0.1, 0.15) is 18.9 Å². The molecule has 2 aromatic rings. The molecule has 0 aliphatic heterocycles. The van der Waals surface area contributed by atoms with Crippen LogP contribution in [0.4, 0.5) is 11.5 Å². The summed E-state index contributed by atoms with van der Waals surface area (Å²) < 4.78 is 0. The molecule has 1 aliphatic carbocycles. The Balaban J connectivity index is 1.72. The van der Waals surface area contributed by atoms with Crippen molar-refractivity contribution >= 4 is 29.3 Å². The first-order valence-electron chi connectivity index (χ1n) is 8.87. The average molecular weight is 380 g/mol. The Morgan fingerprint density at radius 3 is 2.81 bits per heavy atom. The number of hydrazone groups is 1. The van der Waals surface area contributed by atoms with E-state index in [0.717, 1.165) is 18.7 Å². The number of aromatic nitrogens is 2. The van der Waals surface area contributed by atoms with Crippen molar-refractivity contribution in [3.8, 4) is 0 Å². The topological polar surface area (TPSA) is 62.2 Å². The summed E-state index contributed by atoms with van der Waals surface area (Å²) in [4.78, 5) is 0. The Hall–Kier alpha value is -2.92. The van der Waals surface area contributed by atoms with Crippen molar-refractivity contribution in [3.63, 3.8) is 0 Å². The monoisotopic (exact) mass is 379 g/mol. The molecule has 0 fully saturated rings. The first-order valence-corrected chi connectivity index (χ1v) is 9.25. The number of rotatable bonds is 7. The molecule has 5 nitrogen and oxygen atoms in total. The van der Waals surface area contributed by atoms with Gasteiger partial charge in [0.15, 0.2) is 11.0 Å². The van der Waals surface area contributed by atoms with Crippen LogP contribution in [0.2, 0.25) is 5.15 Å². The molecule has 1 heterocycles. The van der Waals surface area contributed by atoms with Gasteiger partial charge in [-0.3, -0.25) is 5.43 Å². The third-order valence-electron chi connectivity index (χ3n) is 4.26. The molecule has 2 N–H and O–H groups in total. The van der Waals surface area contributed by atoms with Gasteiger partial charge in [0, 0.05) is 24.2 Å². The molecule has 0 radical (unpaired) electrons. The van der Waals surface area contributed by atoms with Gasteiger partial charge in [-0.2, -0.15) is 5.10 Å². The Morgan fingerprint density at radius 2 is 2.07 bits per heavy atom. The summed E-state index contributed by atoms with van der Waals surface area (Å²) in [5.74, 6) is 0.532.